The van der Waals surface area contributed by atoms with Crippen LogP contribution in [0.2, 0.25) is 0 Å². The van der Waals surface area contributed by atoms with Crippen LogP contribution in [0.25, 0.3) is 0 Å². The number of thioether (sulfide) groups is 1. The van der Waals surface area contributed by atoms with Crippen LogP contribution in [0.4, 0.5) is 0 Å². The van der Waals surface area contributed by atoms with E-state index < -0.39 is 0 Å². The molecule has 1 rings (SSSR count). The van der Waals surface area contributed by atoms with Crippen LogP contribution in [0.3, 0.4) is 0 Å². The molecule has 1 unspecified atom stereocenters. The Bertz CT molecular complexity index is 343. The minimum atomic E-state index is -0.0429. The van der Waals surface area contributed by atoms with E-state index in [2.05, 4.69) is 21.1 Å². The Balaban J connectivity index is 2.74. The minimum absolute atomic E-state index is 0.0429. The average molecular weight is 275 g/mol. The molecule has 0 bridgehead atoms. The molecule has 0 aliphatic rings. The fourth-order valence-corrected chi connectivity index (χ4v) is 2.32. The van der Waals surface area contributed by atoms with E-state index in [9.17, 15) is 0 Å². The quantitative estimate of drug-likeness (QED) is 0.293. The maximum atomic E-state index is 8.49. The smallest absolute Gasteiger partial charge is 0.152 e. The Labute approximate surface area is 95.5 Å². The van der Waals surface area contributed by atoms with Crippen LogP contribution in [0.15, 0.2) is 38.8 Å². The van der Waals surface area contributed by atoms with Crippen molar-refractivity contribution >= 4 is 33.5 Å². The number of halogens is 1. The summed E-state index contributed by atoms with van der Waals surface area (Å²) in [7, 11) is 0. The third kappa shape index (κ3) is 2.92. The highest BCUT2D eigenvalue weighted by atomic mass is 79.9. The van der Waals surface area contributed by atoms with Crippen molar-refractivity contribution < 1.29 is 5.21 Å². The fourth-order valence-electron chi connectivity index (χ4n) is 0.872. The molecule has 3 N–H and O–H groups in total. The van der Waals surface area contributed by atoms with E-state index in [0.717, 1.165) is 9.37 Å². The fraction of sp³-hybridized carbons (Fsp3) is 0.222. The Hall–Kier alpha value is -0.680. The topological polar surface area (TPSA) is 58.6 Å². The number of benzene rings is 1. The molecule has 0 aliphatic heterocycles. The number of rotatable bonds is 3. The molecule has 0 aromatic heterocycles. The van der Waals surface area contributed by atoms with E-state index in [-0.39, 0.29) is 11.1 Å². The molecular formula is C9H11BrN2OS. The van der Waals surface area contributed by atoms with Crippen molar-refractivity contribution in [3.63, 3.8) is 0 Å². The number of hydrogen-bond acceptors (Lipinski definition) is 3. The van der Waals surface area contributed by atoms with Gasteiger partial charge in [-0.05, 0) is 35.0 Å². The third-order valence-corrected chi connectivity index (χ3v) is 3.83. The summed E-state index contributed by atoms with van der Waals surface area (Å²) in [4.78, 5) is 1.08. The molecule has 0 fully saturated rings. The molecule has 1 aromatic rings. The highest BCUT2D eigenvalue weighted by molar-refractivity contribution is 9.10. The van der Waals surface area contributed by atoms with Crippen LogP contribution in [0, 0.1) is 0 Å². The molecule has 14 heavy (non-hydrogen) atoms. The number of hydrogen-bond donors (Lipinski definition) is 2. The summed E-state index contributed by atoms with van der Waals surface area (Å²) in [5.74, 6) is 0.228. The highest BCUT2D eigenvalue weighted by Crippen LogP contribution is 2.30. The molecule has 0 saturated heterocycles. The molecule has 1 atom stereocenters. The Morgan fingerprint density at radius 1 is 1.57 bits per heavy atom. The predicted molar refractivity (Wildman–Crippen MR) is 62.9 cm³/mol. The highest BCUT2D eigenvalue weighted by Gasteiger charge is 2.10. The van der Waals surface area contributed by atoms with Crippen molar-refractivity contribution in [3.8, 4) is 0 Å². The van der Waals surface area contributed by atoms with Gasteiger partial charge in [0.25, 0.3) is 0 Å². The van der Waals surface area contributed by atoms with Crippen LogP contribution in [-0.2, 0) is 0 Å². The lowest BCUT2D eigenvalue weighted by Gasteiger charge is -2.10. The second kappa shape index (κ2) is 5.26. The second-order valence-corrected chi connectivity index (χ2v) is 4.95. The van der Waals surface area contributed by atoms with E-state index in [4.69, 9.17) is 10.9 Å². The second-order valence-electron chi connectivity index (χ2n) is 2.72. The van der Waals surface area contributed by atoms with Gasteiger partial charge in [-0.3, -0.25) is 0 Å². The first kappa shape index (κ1) is 11.4. The number of oxime groups is 1. The van der Waals surface area contributed by atoms with Gasteiger partial charge in [0.2, 0.25) is 0 Å². The van der Waals surface area contributed by atoms with Crippen molar-refractivity contribution in [1.29, 1.82) is 0 Å². The molecule has 0 heterocycles. The first-order chi connectivity index (χ1) is 6.65. The van der Waals surface area contributed by atoms with Gasteiger partial charge in [0, 0.05) is 9.37 Å². The first-order valence-corrected chi connectivity index (χ1v) is 5.71. The summed E-state index contributed by atoms with van der Waals surface area (Å²) in [5.41, 5.74) is 5.48. The van der Waals surface area contributed by atoms with Gasteiger partial charge in [0.05, 0.1) is 5.25 Å². The summed E-state index contributed by atoms with van der Waals surface area (Å²) < 4.78 is 1.02. The lowest BCUT2D eigenvalue weighted by molar-refractivity contribution is 0.317. The van der Waals surface area contributed by atoms with Crippen LogP contribution in [0.1, 0.15) is 6.92 Å². The summed E-state index contributed by atoms with van der Waals surface area (Å²) in [6.45, 7) is 1.89. The van der Waals surface area contributed by atoms with Crippen molar-refractivity contribution in [3.05, 3.63) is 28.7 Å². The van der Waals surface area contributed by atoms with E-state index in [1.54, 1.807) is 11.8 Å². The number of nitrogens with zero attached hydrogens (tertiary/aromatic N) is 1. The zero-order valence-electron chi connectivity index (χ0n) is 7.64. The van der Waals surface area contributed by atoms with Crippen molar-refractivity contribution in [2.24, 2.45) is 10.9 Å². The summed E-state index contributed by atoms with van der Waals surface area (Å²) in [5, 5.41) is 11.4. The molecular weight excluding hydrogens is 264 g/mol. The SMILES string of the molecule is CC(Sc1ccccc1Br)C(N)=NO. The van der Waals surface area contributed by atoms with Crippen LogP contribution >= 0.6 is 27.7 Å². The van der Waals surface area contributed by atoms with Gasteiger partial charge >= 0.3 is 0 Å². The van der Waals surface area contributed by atoms with Crippen LogP contribution in [-0.4, -0.2) is 16.3 Å². The van der Waals surface area contributed by atoms with Gasteiger partial charge in [-0.1, -0.05) is 17.3 Å². The van der Waals surface area contributed by atoms with Gasteiger partial charge in [0.1, 0.15) is 0 Å². The molecule has 76 valence electrons. The van der Waals surface area contributed by atoms with Crippen molar-refractivity contribution in [2.75, 3.05) is 0 Å². The minimum Gasteiger partial charge on any atom is -0.409 e. The average Bonchev–Trinajstić information content (AvgIpc) is 2.20. The monoisotopic (exact) mass is 274 g/mol. The molecule has 0 radical (unpaired) electrons. The van der Waals surface area contributed by atoms with E-state index in [1.165, 1.54) is 0 Å². The first-order valence-electron chi connectivity index (χ1n) is 4.03. The van der Waals surface area contributed by atoms with Gasteiger partial charge in [-0.25, -0.2) is 0 Å². The van der Waals surface area contributed by atoms with Gasteiger partial charge in [-0.15, -0.1) is 11.8 Å². The Kier molecular flexibility index (Phi) is 4.28. The zero-order valence-corrected chi connectivity index (χ0v) is 10.0. The maximum absolute atomic E-state index is 8.49. The molecule has 0 aliphatic carbocycles. The normalized spacial score (nSPS) is 14.0. The Morgan fingerprint density at radius 2 is 2.21 bits per heavy atom. The van der Waals surface area contributed by atoms with Crippen molar-refractivity contribution in [1.82, 2.24) is 0 Å². The standard InChI is InChI=1S/C9H11BrN2OS/c1-6(9(11)12-13)14-8-5-3-2-4-7(8)10/h2-6,13H,1H3,(H2,11,12). The van der Waals surface area contributed by atoms with Crippen LogP contribution in [0.5, 0.6) is 0 Å². The van der Waals surface area contributed by atoms with E-state index in [0.29, 0.717) is 0 Å². The summed E-state index contributed by atoms with van der Waals surface area (Å²) >= 11 is 4.97. The summed E-state index contributed by atoms with van der Waals surface area (Å²) in [6, 6.07) is 7.84. The maximum Gasteiger partial charge on any atom is 0.152 e. The van der Waals surface area contributed by atoms with Crippen LogP contribution < -0.4 is 5.73 Å². The van der Waals surface area contributed by atoms with E-state index in [1.807, 2.05) is 31.2 Å². The lowest BCUT2D eigenvalue weighted by atomic mass is 10.4. The predicted octanol–water partition coefficient (Wildman–Crippen LogP) is 2.68. The molecule has 0 saturated carbocycles. The lowest BCUT2D eigenvalue weighted by Crippen LogP contribution is -2.23. The molecule has 0 spiro atoms. The van der Waals surface area contributed by atoms with Crippen molar-refractivity contribution in [2.45, 2.75) is 17.1 Å². The van der Waals surface area contributed by atoms with Gasteiger partial charge in [-0.2, -0.15) is 0 Å². The van der Waals surface area contributed by atoms with Gasteiger partial charge in [0.15, 0.2) is 5.84 Å². The molecule has 3 nitrogen and oxygen atoms in total. The third-order valence-electron chi connectivity index (χ3n) is 1.67. The number of amidine groups is 1. The molecule has 0 amide bonds. The molecule has 5 heteroatoms. The van der Waals surface area contributed by atoms with E-state index >= 15 is 0 Å². The zero-order chi connectivity index (χ0) is 10.6. The van der Waals surface area contributed by atoms with Gasteiger partial charge < -0.3 is 10.9 Å². The molecule has 1 aromatic carbocycles. The largest absolute Gasteiger partial charge is 0.409 e. The summed E-state index contributed by atoms with van der Waals surface area (Å²) in [6.07, 6.45) is 0. The number of nitrogens with two attached hydrogens (primary N) is 1. The Morgan fingerprint density at radius 3 is 2.79 bits per heavy atom.